The summed E-state index contributed by atoms with van der Waals surface area (Å²) in [6.45, 7) is 0. The van der Waals surface area contributed by atoms with Crippen molar-refractivity contribution in [2.75, 3.05) is 0 Å². The summed E-state index contributed by atoms with van der Waals surface area (Å²) in [5.74, 6) is -0.718. The second kappa shape index (κ2) is 6.84. The molecular weight excluding hydrogens is 300 g/mol. The quantitative estimate of drug-likeness (QED) is 0.687. The molecule has 0 saturated heterocycles. The van der Waals surface area contributed by atoms with Crippen molar-refractivity contribution < 1.29 is 15.0 Å². The van der Waals surface area contributed by atoms with Gasteiger partial charge in [0.1, 0.15) is 5.75 Å². The van der Waals surface area contributed by atoms with E-state index in [1.807, 2.05) is 60.7 Å². The van der Waals surface area contributed by atoms with Crippen LogP contribution in [0.1, 0.15) is 27.0 Å². The van der Waals surface area contributed by atoms with Crippen molar-refractivity contribution in [2.45, 2.75) is 0 Å². The lowest BCUT2D eigenvalue weighted by Crippen LogP contribution is -1.96. The smallest absolute Gasteiger partial charge is 0.335 e. The van der Waals surface area contributed by atoms with E-state index in [0.29, 0.717) is 0 Å². The fourth-order valence-corrected chi connectivity index (χ4v) is 2.48. The highest BCUT2D eigenvalue weighted by molar-refractivity contribution is 5.93. The first-order valence-electron chi connectivity index (χ1n) is 7.53. The fourth-order valence-electron chi connectivity index (χ4n) is 2.48. The number of hydrogen-bond acceptors (Lipinski definition) is 2. The van der Waals surface area contributed by atoms with Gasteiger partial charge in [0.05, 0.1) is 5.56 Å². The van der Waals surface area contributed by atoms with Gasteiger partial charge >= 0.3 is 5.97 Å². The number of carbonyl (C=O) groups is 1. The van der Waals surface area contributed by atoms with Crippen LogP contribution in [-0.4, -0.2) is 16.2 Å². The summed E-state index contributed by atoms with van der Waals surface area (Å²) < 4.78 is 0. The monoisotopic (exact) mass is 316 g/mol. The lowest BCUT2D eigenvalue weighted by Gasteiger charge is -2.09. The van der Waals surface area contributed by atoms with Gasteiger partial charge in [-0.25, -0.2) is 4.79 Å². The summed E-state index contributed by atoms with van der Waals surface area (Å²) in [6.07, 6.45) is 2.02. The maximum atomic E-state index is 11.0. The van der Waals surface area contributed by atoms with E-state index in [9.17, 15) is 9.90 Å². The molecule has 118 valence electrons. The van der Waals surface area contributed by atoms with Crippen LogP contribution >= 0.6 is 0 Å². The van der Waals surface area contributed by atoms with Gasteiger partial charge in [0.2, 0.25) is 0 Å². The topological polar surface area (TPSA) is 57.5 Å². The summed E-state index contributed by atoms with van der Waals surface area (Å²) in [7, 11) is 0. The molecule has 0 aliphatic heterocycles. The molecule has 3 nitrogen and oxygen atoms in total. The highest BCUT2D eigenvalue weighted by Crippen LogP contribution is 2.27. The number of carboxylic acid groups (broad SMARTS) is 1. The minimum Gasteiger partial charge on any atom is -0.508 e. The number of aromatic carboxylic acids is 1. The molecule has 0 radical (unpaired) electrons. The van der Waals surface area contributed by atoms with Crippen molar-refractivity contribution in [3.8, 4) is 5.75 Å². The van der Waals surface area contributed by atoms with Crippen molar-refractivity contribution in [2.24, 2.45) is 0 Å². The maximum Gasteiger partial charge on any atom is 0.335 e. The van der Waals surface area contributed by atoms with Crippen LogP contribution in [0.15, 0.2) is 78.9 Å². The van der Waals surface area contributed by atoms with Crippen LogP contribution in [0.4, 0.5) is 0 Å². The Morgan fingerprint density at radius 3 is 1.83 bits per heavy atom. The molecule has 0 bridgehead atoms. The van der Waals surface area contributed by atoms with Gasteiger partial charge in [-0.05, 0) is 52.6 Å². The Hall–Kier alpha value is -3.33. The molecule has 3 aromatic carbocycles. The highest BCUT2D eigenvalue weighted by Gasteiger charge is 2.07. The standard InChI is InChI=1S/C21H16O3/c22-19-12-6-15(7-13-19)14-20(16-4-2-1-3-5-16)17-8-10-18(11-9-17)21(23)24/h1-14,22H,(H,23,24)/b20-14-. The number of phenols is 1. The van der Waals surface area contributed by atoms with Gasteiger partial charge in [-0.15, -0.1) is 0 Å². The number of hydrogen-bond donors (Lipinski definition) is 2. The molecule has 0 aliphatic carbocycles. The van der Waals surface area contributed by atoms with Crippen LogP contribution < -0.4 is 0 Å². The third-order valence-corrected chi connectivity index (χ3v) is 3.73. The first-order valence-corrected chi connectivity index (χ1v) is 7.53. The Morgan fingerprint density at radius 1 is 0.708 bits per heavy atom. The Kier molecular flexibility index (Phi) is 4.43. The lowest BCUT2D eigenvalue weighted by molar-refractivity contribution is 0.0697. The molecule has 3 aromatic rings. The van der Waals surface area contributed by atoms with E-state index in [1.54, 1.807) is 24.3 Å². The molecule has 0 aromatic heterocycles. The first-order chi connectivity index (χ1) is 11.6. The van der Waals surface area contributed by atoms with Gasteiger partial charge in [0.25, 0.3) is 0 Å². The summed E-state index contributed by atoms with van der Waals surface area (Å²) in [5.41, 5.74) is 4.16. The Morgan fingerprint density at radius 2 is 1.25 bits per heavy atom. The molecule has 0 fully saturated rings. The molecule has 3 heteroatoms. The maximum absolute atomic E-state index is 11.0. The van der Waals surface area contributed by atoms with E-state index in [4.69, 9.17) is 5.11 Å². The van der Waals surface area contributed by atoms with E-state index in [-0.39, 0.29) is 11.3 Å². The lowest BCUT2D eigenvalue weighted by atomic mass is 9.95. The van der Waals surface area contributed by atoms with Crippen molar-refractivity contribution >= 4 is 17.6 Å². The molecule has 2 N–H and O–H groups in total. The van der Waals surface area contributed by atoms with E-state index < -0.39 is 5.97 Å². The molecule has 24 heavy (non-hydrogen) atoms. The fraction of sp³-hybridized carbons (Fsp3) is 0. The largest absolute Gasteiger partial charge is 0.508 e. The number of aromatic hydroxyl groups is 1. The SMILES string of the molecule is O=C(O)c1ccc(/C(=C\c2ccc(O)cc2)c2ccccc2)cc1. The molecule has 0 spiro atoms. The zero-order valence-electron chi connectivity index (χ0n) is 12.9. The number of carboxylic acids is 1. The highest BCUT2D eigenvalue weighted by atomic mass is 16.4. The summed E-state index contributed by atoms with van der Waals surface area (Å²) in [5, 5.41) is 18.5. The van der Waals surface area contributed by atoms with E-state index >= 15 is 0 Å². The van der Waals surface area contributed by atoms with Crippen molar-refractivity contribution in [1.29, 1.82) is 0 Å². The number of rotatable bonds is 4. The van der Waals surface area contributed by atoms with E-state index in [1.165, 1.54) is 0 Å². The average Bonchev–Trinajstić information content (AvgIpc) is 2.62. The second-order valence-electron chi connectivity index (χ2n) is 5.40. The van der Waals surface area contributed by atoms with Crippen LogP contribution in [0.25, 0.3) is 11.6 Å². The van der Waals surface area contributed by atoms with Crippen LogP contribution in [0.2, 0.25) is 0 Å². The zero-order valence-corrected chi connectivity index (χ0v) is 12.9. The second-order valence-corrected chi connectivity index (χ2v) is 5.40. The summed E-state index contributed by atoms with van der Waals surface area (Å²) in [4.78, 5) is 11.0. The molecule has 0 unspecified atom stereocenters. The molecule has 0 heterocycles. The summed E-state index contributed by atoms with van der Waals surface area (Å²) >= 11 is 0. The Balaban J connectivity index is 2.08. The van der Waals surface area contributed by atoms with Crippen molar-refractivity contribution in [1.82, 2.24) is 0 Å². The molecule has 3 rings (SSSR count). The third-order valence-electron chi connectivity index (χ3n) is 3.73. The van der Waals surface area contributed by atoms with Gasteiger partial charge < -0.3 is 10.2 Å². The van der Waals surface area contributed by atoms with Gasteiger partial charge in [0, 0.05) is 0 Å². The minimum absolute atomic E-state index is 0.222. The minimum atomic E-state index is -0.940. The molecule has 0 saturated carbocycles. The normalized spacial score (nSPS) is 11.2. The van der Waals surface area contributed by atoms with Crippen molar-refractivity contribution in [3.63, 3.8) is 0 Å². The van der Waals surface area contributed by atoms with Crippen molar-refractivity contribution in [3.05, 3.63) is 101 Å². The van der Waals surface area contributed by atoms with E-state index in [0.717, 1.165) is 22.3 Å². The molecule has 0 amide bonds. The predicted octanol–water partition coefficient (Wildman–Crippen LogP) is 4.68. The van der Waals surface area contributed by atoms with Crippen LogP contribution in [0.5, 0.6) is 5.75 Å². The predicted molar refractivity (Wildman–Crippen MR) is 94.9 cm³/mol. The molecule has 0 atom stereocenters. The van der Waals surface area contributed by atoms with Crippen LogP contribution in [0, 0.1) is 0 Å². The molecule has 0 aliphatic rings. The third kappa shape index (κ3) is 3.52. The van der Waals surface area contributed by atoms with Gasteiger partial charge in [-0.2, -0.15) is 0 Å². The molecular formula is C21H16O3. The average molecular weight is 316 g/mol. The van der Waals surface area contributed by atoms with Gasteiger partial charge in [-0.1, -0.05) is 54.6 Å². The zero-order chi connectivity index (χ0) is 16.9. The first kappa shape index (κ1) is 15.6. The number of benzene rings is 3. The Bertz CT molecular complexity index is 861. The van der Waals surface area contributed by atoms with Gasteiger partial charge in [0.15, 0.2) is 0 Å². The Labute approximate surface area is 140 Å². The van der Waals surface area contributed by atoms with Crippen LogP contribution in [-0.2, 0) is 0 Å². The van der Waals surface area contributed by atoms with Gasteiger partial charge in [-0.3, -0.25) is 0 Å². The number of phenolic OH excluding ortho intramolecular Hbond substituents is 1. The van der Waals surface area contributed by atoms with Crippen LogP contribution in [0.3, 0.4) is 0 Å². The van der Waals surface area contributed by atoms with E-state index in [2.05, 4.69) is 0 Å². The summed E-state index contributed by atoms with van der Waals surface area (Å²) in [6, 6.07) is 23.7.